The Balaban J connectivity index is 1.51. The summed E-state index contributed by atoms with van der Waals surface area (Å²) in [5.41, 5.74) is 4.20. The molecule has 0 radical (unpaired) electrons. The number of hydrogen-bond donors (Lipinski definition) is 0. The Hall–Kier alpha value is -4.06. The fourth-order valence-corrected chi connectivity index (χ4v) is 4.47. The summed E-state index contributed by atoms with van der Waals surface area (Å²) in [4.78, 5) is 13.6. The van der Waals surface area contributed by atoms with Crippen LogP contribution in [0.1, 0.15) is 23.6 Å². The third kappa shape index (κ3) is 5.59. The Bertz CT molecular complexity index is 1500. The van der Waals surface area contributed by atoms with Gasteiger partial charge >= 0.3 is 0 Å². The summed E-state index contributed by atoms with van der Waals surface area (Å²) in [5, 5.41) is 7.14. The van der Waals surface area contributed by atoms with E-state index >= 15 is 0 Å². The van der Waals surface area contributed by atoms with Crippen molar-refractivity contribution in [3.8, 4) is 11.5 Å². The van der Waals surface area contributed by atoms with E-state index in [9.17, 15) is 4.79 Å². The highest BCUT2D eigenvalue weighted by Gasteiger charge is 2.32. The van der Waals surface area contributed by atoms with E-state index in [1.54, 1.807) is 12.1 Å². The molecule has 190 valence electrons. The molecule has 1 amide bonds. The molecule has 0 spiro atoms. The van der Waals surface area contributed by atoms with Crippen molar-refractivity contribution in [3.05, 3.63) is 129 Å². The molecule has 0 fully saturated rings. The molecular formula is C31H24Cl2N2O3. The number of halogens is 2. The SMILES string of the molecule is CCOc1cc(/C=C2\C(=O)N(c3ccccc3)N=C2c2ccccc2)cc(Cl)c1OCc1ccc(Cl)cc1. The molecular weight excluding hydrogens is 519 g/mol. The summed E-state index contributed by atoms with van der Waals surface area (Å²) in [6.07, 6.45) is 1.79. The van der Waals surface area contributed by atoms with Crippen LogP contribution in [-0.4, -0.2) is 18.2 Å². The lowest BCUT2D eigenvalue weighted by molar-refractivity contribution is -0.114. The minimum absolute atomic E-state index is 0.229. The van der Waals surface area contributed by atoms with Crippen molar-refractivity contribution in [2.45, 2.75) is 13.5 Å². The van der Waals surface area contributed by atoms with Gasteiger partial charge in [-0.3, -0.25) is 4.79 Å². The first-order chi connectivity index (χ1) is 18.5. The van der Waals surface area contributed by atoms with Crippen LogP contribution in [0.4, 0.5) is 5.69 Å². The van der Waals surface area contributed by atoms with Crippen LogP contribution in [0.2, 0.25) is 10.0 Å². The largest absolute Gasteiger partial charge is 0.490 e. The molecule has 1 heterocycles. The van der Waals surface area contributed by atoms with E-state index in [0.29, 0.717) is 57.3 Å². The molecule has 0 saturated heterocycles. The normalized spacial score (nSPS) is 14.1. The van der Waals surface area contributed by atoms with E-state index < -0.39 is 0 Å². The van der Waals surface area contributed by atoms with Crippen LogP contribution in [0.15, 0.2) is 108 Å². The Morgan fingerprint density at radius 3 is 2.24 bits per heavy atom. The lowest BCUT2D eigenvalue weighted by atomic mass is 10.00. The number of ether oxygens (including phenoxy) is 2. The van der Waals surface area contributed by atoms with Gasteiger partial charge in [0.25, 0.3) is 5.91 Å². The lowest BCUT2D eigenvalue weighted by Gasteiger charge is -2.15. The van der Waals surface area contributed by atoms with Crippen molar-refractivity contribution in [1.82, 2.24) is 0 Å². The summed E-state index contributed by atoms with van der Waals surface area (Å²) in [5.74, 6) is 0.697. The average molecular weight is 543 g/mol. The van der Waals surface area contributed by atoms with Crippen LogP contribution < -0.4 is 14.5 Å². The zero-order valence-electron chi connectivity index (χ0n) is 20.6. The first-order valence-electron chi connectivity index (χ1n) is 12.1. The third-order valence-electron chi connectivity index (χ3n) is 5.87. The number of para-hydroxylation sites is 1. The van der Waals surface area contributed by atoms with E-state index in [1.165, 1.54) is 5.01 Å². The van der Waals surface area contributed by atoms with Gasteiger partial charge < -0.3 is 9.47 Å². The zero-order valence-corrected chi connectivity index (χ0v) is 22.1. The number of nitrogens with zero attached hydrogens (tertiary/aromatic N) is 2. The highest BCUT2D eigenvalue weighted by Crippen LogP contribution is 2.38. The molecule has 5 rings (SSSR count). The van der Waals surface area contributed by atoms with Crippen LogP contribution >= 0.6 is 23.2 Å². The van der Waals surface area contributed by atoms with Gasteiger partial charge in [0.1, 0.15) is 12.3 Å². The second kappa shape index (κ2) is 11.5. The standard InChI is InChI=1S/C31H24Cl2N2O3/c1-2-37-28-19-22(18-27(33)30(28)38-20-21-13-15-24(32)16-14-21)17-26-29(23-9-5-3-6-10-23)34-35(31(26)36)25-11-7-4-8-12-25/h3-19H,2,20H2,1H3/b26-17-. The molecule has 4 aromatic carbocycles. The van der Waals surface area contributed by atoms with Gasteiger partial charge in [-0.1, -0.05) is 83.9 Å². The van der Waals surface area contributed by atoms with Crippen molar-refractivity contribution in [2.75, 3.05) is 11.6 Å². The fourth-order valence-electron chi connectivity index (χ4n) is 4.08. The van der Waals surface area contributed by atoms with Gasteiger partial charge in [-0.25, -0.2) is 0 Å². The fraction of sp³-hybridized carbons (Fsp3) is 0.0968. The van der Waals surface area contributed by atoms with Crippen LogP contribution in [0, 0.1) is 0 Å². The van der Waals surface area contributed by atoms with Crippen LogP contribution in [0.25, 0.3) is 6.08 Å². The number of benzene rings is 4. The number of carbonyl (C=O) groups excluding carboxylic acids is 1. The maximum atomic E-state index is 13.6. The molecule has 4 aromatic rings. The van der Waals surface area contributed by atoms with E-state index in [2.05, 4.69) is 5.10 Å². The van der Waals surface area contributed by atoms with Gasteiger partial charge in [0.15, 0.2) is 11.5 Å². The van der Waals surface area contributed by atoms with Crippen LogP contribution in [0.3, 0.4) is 0 Å². The number of rotatable bonds is 8. The molecule has 0 aromatic heterocycles. The summed E-state index contributed by atoms with van der Waals surface area (Å²) in [6.45, 7) is 2.61. The molecule has 0 atom stereocenters. The molecule has 0 N–H and O–H groups in total. The summed E-state index contributed by atoms with van der Waals surface area (Å²) < 4.78 is 11.9. The van der Waals surface area contributed by atoms with Gasteiger partial charge in [-0.05, 0) is 60.5 Å². The van der Waals surface area contributed by atoms with Gasteiger partial charge in [-0.2, -0.15) is 10.1 Å². The highest BCUT2D eigenvalue weighted by molar-refractivity contribution is 6.37. The summed E-state index contributed by atoms with van der Waals surface area (Å²) in [6, 6.07) is 30.0. The molecule has 0 bridgehead atoms. The number of carbonyl (C=O) groups is 1. The number of amides is 1. The van der Waals surface area contributed by atoms with E-state index in [-0.39, 0.29) is 5.91 Å². The molecule has 1 aliphatic heterocycles. The summed E-state index contributed by atoms with van der Waals surface area (Å²) in [7, 11) is 0. The molecule has 38 heavy (non-hydrogen) atoms. The van der Waals surface area contributed by atoms with Crippen molar-refractivity contribution in [1.29, 1.82) is 0 Å². The second-order valence-electron chi connectivity index (χ2n) is 8.50. The molecule has 7 heteroatoms. The van der Waals surface area contributed by atoms with Gasteiger partial charge in [0, 0.05) is 10.6 Å². The Labute approximate surface area is 231 Å². The predicted molar refractivity (Wildman–Crippen MR) is 153 cm³/mol. The minimum atomic E-state index is -0.229. The predicted octanol–water partition coefficient (Wildman–Crippen LogP) is 7.81. The van der Waals surface area contributed by atoms with Crippen molar-refractivity contribution >= 4 is 46.6 Å². The van der Waals surface area contributed by atoms with Crippen LogP contribution in [-0.2, 0) is 11.4 Å². The topological polar surface area (TPSA) is 51.1 Å². The number of hydrazone groups is 1. The Morgan fingerprint density at radius 1 is 0.868 bits per heavy atom. The average Bonchev–Trinajstić information content (AvgIpc) is 3.26. The number of hydrogen-bond acceptors (Lipinski definition) is 4. The monoisotopic (exact) mass is 542 g/mol. The van der Waals surface area contributed by atoms with Crippen LogP contribution in [0.5, 0.6) is 11.5 Å². The van der Waals surface area contributed by atoms with E-state index in [0.717, 1.165) is 11.1 Å². The quantitative estimate of drug-likeness (QED) is 0.213. The maximum absolute atomic E-state index is 13.6. The van der Waals surface area contributed by atoms with Gasteiger partial charge in [-0.15, -0.1) is 0 Å². The van der Waals surface area contributed by atoms with Crippen molar-refractivity contribution in [3.63, 3.8) is 0 Å². The maximum Gasteiger partial charge on any atom is 0.281 e. The van der Waals surface area contributed by atoms with E-state index in [4.69, 9.17) is 32.7 Å². The summed E-state index contributed by atoms with van der Waals surface area (Å²) >= 11 is 12.7. The first-order valence-corrected chi connectivity index (χ1v) is 12.9. The Morgan fingerprint density at radius 2 is 1.55 bits per heavy atom. The lowest BCUT2D eigenvalue weighted by Crippen LogP contribution is -2.21. The van der Waals surface area contributed by atoms with Crippen molar-refractivity contribution < 1.29 is 14.3 Å². The van der Waals surface area contributed by atoms with Gasteiger partial charge in [0.2, 0.25) is 0 Å². The van der Waals surface area contributed by atoms with Crippen molar-refractivity contribution in [2.24, 2.45) is 5.10 Å². The molecule has 0 unspecified atom stereocenters. The number of anilines is 1. The van der Waals surface area contributed by atoms with Gasteiger partial charge in [0.05, 0.1) is 22.9 Å². The van der Waals surface area contributed by atoms with E-state index in [1.807, 2.05) is 97.9 Å². The first kappa shape index (κ1) is 25.6. The molecule has 1 aliphatic rings. The second-order valence-corrected chi connectivity index (χ2v) is 9.35. The molecule has 0 saturated carbocycles. The minimum Gasteiger partial charge on any atom is -0.490 e. The Kier molecular flexibility index (Phi) is 7.78. The third-order valence-corrected chi connectivity index (χ3v) is 6.40. The smallest absolute Gasteiger partial charge is 0.281 e. The highest BCUT2D eigenvalue weighted by atomic mass is 35.5. The zero-order chi connectivity index (χ0) is 26.5. The molecule has 0 aliphatic carbocycles. The molecule has 5 nitrogen and oxygen atoms in total.